The lowest BCUT2D eigenvalue weighted by molar-refractivity contribution is -0.121. The summed E-state index contributed by atoms with van der Waals surface area (Å²) < 4.78 is 1.43. The number of hydrazone groups is 1. The Morgan fingerprint density at radius 1 is 1.30 bits per heavy atom. The Morgan fingerprint density at radius 2 is 2.10 bits per heavy atom. The van der Waals surface area contributed by atoms with Crippen molar-refractivity contribution in [3.05, 3.63) is 34.2 Å². The number of aromatic nitrogens is 2. The number of amidine groups is 1. The molecule has 154 valence electrons. The van der Waals surface area contributed by atoms with Gasteiger partial charge >= 0.3 is 0 Å². The summed E-state index contributed by atoms with van der Waals surface area (Å²) in [7, 11) is 1.73. The second-order valence-electron chi connectivity index (χ2n) is 7.79. The Hall–Kier alpha value is -3.14. The summed E-state index contributed by atoms with van der Waals surface area (Å²) in [5.41, 5.74) is 0.160. The molecule has 2 aromatic heterocycles. The van der Waals surface area contributed by atoms with Crippen LogP contribution in [0.2, 0.25) is 0 Å². The van der Waals surface area contributed by atoms with Crippen molar-refractivity contribution < 1.29 is 9.59 Å². The van der Waals surface area contributed by atoms with E-state index in [0.717, 1.165) is 30.6 Å². The number of rotatable bonds is 3. The topological polar surface area (TPSA) is 104 Å². The predicted octanol–water partition coefficient (Wildman–Crippen LogP) is 2.39. The van der Waals surface area contributed by atoms with E-state index in [0.29, 0.717) is 17.3 Å². The molecule has 5 rings (SSSR count). The van der Waals surface area contributed by atoms with Gasteiger partial charge in [-0.2, -0.15) is 24.9 Å². The maximum absolute atomic E-state index is 13.5. The third kappa shape index (κ3) is 2.90. The average Bonchev–Trinajstić information content (AvgIpc) is 3.49. The molecule has 0 bridgehead atoms. The summed E-state index contributed by atoms with van der Waals surface area (Å²) in [4.78, 5) is 35.6. The van der Waals surface area contributed by atoms with Gasteiger partial charge in [0, 0.05) is 24.2 Å². The fourth-order valence-corrected chi connectivity index (χ4v) is 5.28. The van der Waals surface area contributed by atoms with E-state index in [-0.39, 0.29) is 17.8 Å². The normalized spacial score (nSPS) is 22.1. The average molecular weight is 424 g/mol. The molecule has 1 atom stereocenters. The van der Waals surface area contributed by atoms with Crippen LogP contribution in [-0.2, 0) is 15.0 Å². The number of amides is 2. The van der Waals surface area contributed by atoms with E-state index < -0.39 is 11.3 Å². The van der Waals surface area contributed by atoms with Crippen molar-refractivity contribution in [3.63, 3.8) is 0 Å². The van der Waals surface area contributed by atoms with Crippen LogP contribution in [0, 0.1) is 12.8 Å². The van der Waals surface area contributed by atoms with Crippen LogP contribution in [0.1, 0.15) is 36.3 Å². The first kappa shape index (κ1) is 18.9. The molecule has 0 spiro atoms. The first-order chi connectivity index (χ1) is 14.5. The van der Waals surface area contributed by atoms with Gasteiger partial charge in [-0.15, -0.1) is 11.3 Å². The van der Waals surface area contributed by atoms with Crippen LogP contribution in [0.4, 0.5) is 5.82 Å². The fraction of sp³-hybridized carbons (Fsp3) is 0.400. The van der Waals surface area contributed by atoms with E-state index >= 15 is 0 Å². The lowest BCUT2D eigenvalue weighted by atomic mass is 9.83. The van der Waals surface area contributed by atoms with Gasteiger partial charge in [0.1, 0.15) is 17.6 Å². The molecule has 10 heteroatoms. The van der Waals surface area contributed by atoms with E-state index in [1.165, 1.54) is 10.9 Å². The summed E-state index contributed by atoms with van der Waals surface area (Å²) in [5, 5.41) is 15.1. The van der Waals surface area contributed by atoms with Crippen molar-refractivity contribution in [1.29, 1.82) is 0 Å². The lowest BCUT2D eigenvalue weighted by Crippen LogP contribution is -2.39. The number of carbonyl (C=O) groups excluding carboxylic acids is 2. The number of aliphatic imine (C=N–C) groups is 2. The van der Waals surface area contributed by atoms with Gasteiger partial charge in [-0.25, -0.2) is 0 Å². The number of hydrogen-bond donors (Lipinski definition) is 1. The van der Waals surface area contributed by atoms with E-state index in [4.69, 9.17) is 0 Å². The van der Waals surface area contributed by atoms with Crippen LogP contribution in [0.3, 0.4) is 0 Å². The number of hydrogen-bond acceptors (Lipinski definition) is 7. The molecule has 1 aliphatic carbocycles. The molecule has 1 unspecified atom stereocenters. The maximum atomic E-state index is 13.5. The number of nitrogens with zero attached hydrogens (tertiary/aromatic N) is 6. The summed E-state index contributed by atoms with van der Waals surface area (Å²) in [6.07, 6.45) is 5.21. The summed E-state index contributed by atoms with van der Waals surface area (Å²) in [6.45, 7) is 1.82. The molecule has 0 saturated heterocycles. The van der Waals surface area contributed by atoms with Crippen molar-refractivity contribution in [1.82, 2.24) is 14.8 Å². The standard InChI is InChI=1S/C20H21N7O2S/c1-12-10-15(22-18(29)20(7-3-4-8-20)14-6-5-9-30-14)27(25-12)19-23-16-13(17(28)24-19)11-21-26(16)2/h5-6,9-11,13H,3-4,7-8H2,1-2H3,(H,22,29). The Labute approximate surface area is 177 Å². The first-order valence-corrected chi connectivity index (χ1v) is 10.8. The van der Waals surface area contributed by atoms with Crippen LogP contribution >= 0.6 is 11.3 Å². The third-order valence-corrected chi connectivity index (χ3v) is 6.91. The van der Waals surface area contributed by atoms with Crippen molar-refractivity contribution >= 4 is 47.0 Å². The van der Waals surface area contributed by atoms with Crippen molar-refractivity contribution in [2.75, 3.05) is 12.4 Å². The van der Waals surface area contributed by atoms with Crippen LogP contribution < -0.4 is 5.32 Å². The number of aryl methyl sites for hydroxylation is 1. The zero-order valence-electron chi connectivity index (χ0n) is 16.7. The summed E-state index contributed by atoms with van der Waals surface area (Å²) in [6, 6.07) is 5.78. The van der Waals surface area contributed by atoms with Gasteiger partial charge in [0.15, 0.2) is 0 Å². The van der Waals surface area contributed by atoms with Crippen LogP contribution in [0.25, 0.3) is 0 Å². The van der Waals surface area contributed by atoms with Crippen LogP contribution in [-0.4, -0.2) is 51.7 Å². The second-order valence-corrected chi connectivity index (χ2v) is 8.74. The largest absolute Gasteiger partial charge is 0.310 e. The summed E-state index contributed by atoms with van der Waals surface area (Å²) in [5.74, 6) is 0.118. The molecular weight excluding hydrogens is 402 g/mol. The van der Waals surface area contributed by atoms with Gasteiger partial charge in [-0.3, -0.25) is 14.6 Å². The highest BCUT2D eigenvalue weighted by atomic mass is 32.1. The minimum atomic E-state index is -0.561. The maximum Gasteiger partial charge on any atom is 0.265 e. The van der Waals surface area contributed by atoms with Gasteiger partial charge in [-0.05, 0) is 31.2 Å². The van der Waals surface area contributed by atoms with E-state index in [1.807, 2.05) is 24.4 Å². The molecule has 0 radical (unpaired) electrons. The Kier molecular flexibility index (Phi) is 4.39. The number of anilines is 1. The molecule has 30 heavy (non-hydrogen) atoms. The SMILES string of the molecule is Cc1cc(NC(=O)C2(c3cccs3)CCCC2)n(C2=NC(=O)C3C=NN(C)C3=N2)n1. The molecule has 9 nitrogen and oxygen atoms in total. The van der Waals surface area contributed by atoms with Gasteiger partial charge in [0.2, 0.25) is 5.91 Å². The van der Waals surface area contributed by atoms with Gasteiger partial charge < -0.3 is 5.32 Å². The highest BCUT2D eigenvalue weighted by molar-refractivity contribution is 7.10. The van der Waals surface area contributed by atoms with E-state index in [1.54, 1.807) is 29.5 Å². The zero-order valence-corrected chi connectivity index (χ0v) is 17.5. The monoisotopic (exact) mass is 423 g/mol. The van der Waals surface area contributed by atoms with Gasteiger partial charge in [0.25, 0.3) is 11.9 Å². The highest BCUT2D eigenvalue weighted by Crippen LogP contribution is 2.44. The molecule has 2 aliphatic heterocycles. The molecule has 2 amide bonds. The van der Waals surface area contributed by atoms with Crippen LogP contribution in [0.15, 0.2) is 38.7 Å². The second kappa shape index (κ2) is 6.98. The van der Waals surface area contributed by atoms with Crippen molar-refractivity contribution in [2.24, 2.45) is 21.0 Å². The summed E-state index contributed by atoms with van der Waals surface area (Å²) >= 11 is 1.61. The smallest absolute Gasteiger partial charge is 0.265 e. The predicted molar refractivity (Wildman–Crippen MR) is 115 cm³/mol. The Bertz CT molecular complexity index is 1110. The molecular formula is C20H21N7O2S. The molecule has 4 heterocycles. The minimum Gasteiger partial charge on any atom is -0.310 e. The van der Waals surface area contributed by atoms with Crippen molar-refractivity contribution in [2.45, 2.75) is 38.0 Å². The van der Waals surface area contributed by atoms with Crippen molar-refractivity contribution in [3.8, 4) is 0 Å². The van der Waals surface area contributed by atoms with Gasteiger partial charge in [0.05, 0.1) is 11.1 Å². The highest BCUT2D eigenvalue weighted by Gasteiger charge is 2.44. The molecule has 1 N–H and O–H groups in total. The minimum absolute atomic E-state index is 0.0572. The Morgan fingerprint density at radius 3 is 2.83 bits per heavy atom. The van der Waals surface area contributed by atoms with Crippen LogP contribution in [0.5, 0.6) is 0 Å². The van der Waals surface area contributed by atoms with E-state index in [2.05, 4.69) is 25.5 Å². The molecule has 1 saturated carbocycles. The zero-order chi connectivity index (χ0) is 20.9. The number of fused-ring (bicyclic) bond motifs is 1. The quantitative estimate of drug-likeness (QED) is 0.818. The molecule has 3 aliphatic rings. The number of thiophene rings is 1. The molecule has 0 aromatic carbocycles. The first-order valence-electron chi connectivity index (χ1n) is 9.89. The Balaban J connectivity index is 1.48. The number of carbonyl (C=O) groups is 2. The lowest BCUT2D eigenvalue weighted by Gasteiger charge is -2.26. The number of nitrogens with one attached hydrogen (secondary N) is 1. The molecule has 2 aromatic rings. The van der Waals surface area contributed by atoms with Gasteiger partial charge in [-0.1, -0.05) is 18.9 Å². The molecule has 1 fully saturated rings. The third-order valence-electron chi connectivity index (χ3n) is 5.84. The fourth-order valence-electron chi connectivity index (χ4n) is 4.29. The van der Waals surface area contributed by atoms with E-state index in [9.17, 15) is 9.59 Å².